The molecule has 422 valence electrons. The van der Waals surface area contributed by atoms with E-state index in [2.05, 4.69) is 38.2 Å². The van der Waals surface area contributed by atoms with E-state index in [1.165, 1.54) is 128 Å². The van der Waals surface area contributed by atoms with Gasteiger partial charge in [0.05, 0.1) is 19.8 Å². The van der Waals surface area contributed by atoms with Crippen LogP contribution in [0.15, 0.2) is 24.3 Å². The predicted octanol–water partition coefficient (Wildman–Crippen LogP) is 9.50. The van der Waals surface area contributed by atoms with Crippen LogP contribution in [0.4, 0.5) is 0 Å². The largest absolute Gasteiger partial charge is 0.462 e. The fourth-order valence-corrected chi connectivity index (χ4v) is 9.18. The van der Waals surface area contributed by atoms with E-state index in [9.17, 15) is 45.3 Å². The van der Waals surface area contributed by atoms with Crippen LogP contribution in [-0.2, 0) is 38.0 Å². The molecule has 2 saturated heterocycles. The van der Waals surface area contributed by atoms with Crippen LogP contribution in [0.3, 0.4) is 0 Å². The number of carbonyl (C=O) groups excluding carboxylic acids is 2. The lowest BCUT2D eigenvalue weighted by atomic mass is 9.98. The smallest absolute Gasteiger partial charge is 0.306 e. The van der Waals surface area contributed by atoms with E-state index in [0.29, 0.717) is 12.8 Å². The van der Waals surface area contributed by atoms with E-state index in [-0.39, 0.29) is 26.1 Å². The van der Waals surface area contributed by atoms with Gasteiger partial charge in [-0.1, -0.05) is 205 Å². The van der Waals surface area contributed by atoms with Crippen molar-refractivity contribution in [3.8, 4) is 0 Å². The van der Waals surface area contributed by atoms with Crippen LogP contribution in [0.2, 0.25) is 0 Å². The molecule has 0 aromatic heterocycles. The summed E-state index contributed by atoms with van der Waals surface area (Å²) < 4.78 is 33.7. The van der Waals surface area contributed by atoms with Gasteiger partial charge in [-0.15, -0.1) is 0 Å². The number of allylic oxidation sites excluding steroid dienone is 4. The minimum absolute atomic E-state index is 0.152. The average molecular weight is 1030 g/mol. The van der Waals surface area contributed by atoms with Crippen LogP contribution in [0.25, 0.3) is 0 Å². The first-order valence-corrected chi connectivity index (χ1v) is 28.9. The summed E-state index contributed by atoms with van der Waals surface area (Å²) in [6, 6.07) is 0. The second-order valence-corrected chi connectivity index (χ2v) is 20.5. The van der Waals surface area contributed by atoms with Crippen molar-refractivity contribution >= 4 is 11.9 Å². The third-order valence-corrected chi connectivity index (χ3v) is 13.9. The minimum atomic E-state index is -1.77. The zero-order valence-corrected chi connectivity index (χ0v) is 44.9. The molecule has 0 saturated carbocycles. The first-order chi connectivity index (χ1) is 35.0. The molecule has 7 N–H and O–H groups in total. The molecule has 2 rings (SSSR count). The molecule has 2 fully saturated rings. The topological polar surface area (TPSA) is 231 Å². The number of hydrogen-bond acceptors (Lipinski definition) is 15. The van der Waals surface area contributed by atoms with Crippen LogP contribution in [-0.4, -0.2) is 142 Å². The van der Waals surface area contributed by atoms with Crippen molar-refractivity contribution in [3.63, 3.8) is 0 Å². The fraction of sp³-hybridized carbons (Fsp3) is 0.895. The summed E-state index contributed by atoms with van der Waals surface area (Å²) in [6.07, 6.45) is 30.6. The maximum atomic E-state index is 13.0. The van der Waals surface area contributed by atoms with E-state index in [4.69, 9.17) is 28.4 Å². The molecule has 0 aromatic rings. The van der Waals surface area contributed by atoms with Gasteiger partial charge in [-0.3, -0.25) is 9.59 Å². The summed E-state index contributed by atoms with van der Waals surface area (Å²) in [7, 11) is 0. The van der Waals surface area contributed by atoms with Crippen molar-refractivity contribution in [3.05, 3.63) is 24.3 Å². The number of hydrogen-bond donors (Lipinski definition) is 7. The number of rotatable bonds is 46. The molecule has 15 nitrogen and oxygen atoms in total. The summed E-state index contributed by atoms with van der Waals surface area (Å²) in [6.45, 7) is 2.57. The Morgan fingerprint density at radius 1 is 0.444 bits per heavy atom. The number of aliphatic hydroxyl groups excluding tert-OH is 7. The van der Waals surface area contributed by atoms with Gasteiger partial charge in [-0.05, 0) is 38.5 Å². The molecule has 0 bridgehead atoms. The maximum Gasteiger partial charge on any atom is 0.306 e. The molecule has 0 spiro atoms. The van der Waals surface area contributed by atoms with Crippen molar-refractivity contribution in [1.29, 1.82) is 0 Å². The Kier molecular flexibility index (Phi) is 40.5. The van der Waals surface area contributed by atoms with Crippen molar-refractivity contribution in [2.24, 2.45) is 0 Å². The Bertz CT molecular complexity index is 1350. The average Bonchev–Trinajstić information content (AvgIpc) is 3.37. The second kappa shape index (κ2) is 44.1. The zero-order chi connectivity index (χ0) is 52.4. The van der Waals surface area contributed by atoms with Gasteiger partial charge < -0.3 is 64.2 Å². The highest BCUT2D eigenvalue weighted by Crippen LogP contribution is 2.27. The van der Waals surface area contributed by atoms with Crippen molar-refractivity contribution in [2.75, 3.05) is 26.4 Å². The molecule has 0 amide bonds. The molecule has 0 radical (unpaired) electrons. The lowest BCUT2D eigenvalue weighted by Crippen LogP contribution is -2.61. The third-order valence-electron chi connectivity index (χ3n) is 13.9. The maximum absolute atomic E-state index is 13.0. The summed E-state index contributed by atoms with van der Waals surface area (Å²) >= 11 is 0. The van der Waals surface area contributed by atoms with E-state index >= 15 is 0 Å². The van der Waals surface area contributed by atoms with Gasteiger partial charge in [0, 0.05) is 12.8 Å². The monoisotopic (exact) mass is 1030 g/mol. The zero-order valence-electron chi connectivity index (χ0n) is 44.9. The molecular weight excluding hydrogens is 925 g/mol. The van der Waals surface area contributed by atoms with E-state index in [1.54, 1.807) is 0 Å². The van der Waals surface area contributed by atoms with E-state index in [0.717, 1.165) is 64.2 Å². The standard InChI is InChI=1S/C57H104O15/c1-3-5-7-9-11-13-15-17-19-20-21-22-23-24-25-26-28-29-31-33-35-37-39-48(59)67-42-45(70-49(60)40-38-36-34-32-30-27-18-16-14-12-10-8-6-4-2)43-68-56-55(66)53(64)51(62)47(72-56)44-69-57-54(65)52(63)50(61)46(41-58)71-57/h10,12,16,18,45-47,50-58,61-66H,3-9,11,13-15,17,19-44H2,1-2H3/b12-10+,18-16+/t45-,46+,47+,50-,51-,52?,53?,54?,55?,56+,57+/m0/s1. The second-order valence-electron chi connectivity index (χ2n) is 20.5. The van der Waals surface area contributed by atoms with Crippen LogP contribution in [0, 0.1) is 0 Å². The number of unbranched alkanes of at least 4 members (excludes halogenated alkanes) is 28. The highest BCUT2D eigenvalue weighted by Gasteiger charge is 2.47. The quantitative estimate of drug-likeness (QED) is 0.0171. The van der Waals surface area contributed by atoms with Crippen molar-refractivity contribution in [1.82, 2.24) is 0 Å². The van der Waals surface area contributed by atoms with Gasteiger partial charge >= 0.3 is 11.9 Å². The number of aliphatic hydroxyl groups is 7. The highest BCUT2D eigenvalue weighted by atomic mass is 16.7. The molecular formula is C57H104O15. The summed E-state index contributed by atoms with van der Waals surface area (Å²) in [5.41, 5.74) is 0. The minimum Gasteiger partial charge on any atom is -0.462 e. The lowest BCUT2D eigenvalue weighted by Gasteiger charge is -2.42. The van der Waals surface area contributed by atoms with E-state index < -0.39 is 92.7 Å². The molecule has 2 aliphatic heterocycles. The van der Waals surface area contributed by atoms with Gasteiger partial charge in [0.1, 0.15) is 55.4 Å². The van der Waals surface area contributed by atoms with Gasteiger partial charge in [0.25, 0.3) is 0 Å². The van der Waals surface area contributed by atoms with Crippen molar-refractivity contribution in [2.45, 2.75) is 300 Å². The lowest BCUT2D eigenvalue weighted by molar-refractivity contribution is -0.332. The van der Waals surface area contributed by atoms with Crippen LogP contribution in [0.1, 0.15) is 232 Å². The number of ether oxygens (including phenoxy) is 6. The molecule has 11 atom stereocenters. The third kappa shape index (κ3) is 31.1. The molecule has 72 heavy (non-hydrogen) atoms. The van der Waals surface area contributed by atoms with Crippen LogP contribution < -0.4 is 0 Å². The Morgan fingerprint density at radius 3 is 1.33 bits per heavy atom. The normalized spacial score (nSPS) is 25.1. The molecule has 15 heteroatoms. The molecule has 0 aromatic carbocycles. The molecule has 4 unspecified atom stereocenters. The van der Waals surface area contributed by atoms with Crippen LogP contribution in [0.5, 0.6) is 0 Å². The Morgan fingerprint density at radius 2 is 0.847 bits per heavy atom. The SMILES string of the molecule is CCCC/C=C/C/C=C/CCCCCCCC(=O)O[C@@H](COC(=O)CCCCCCCCCCCCCCCCCCCCCCCC)CO[C@@H]1O[C@H](CO[C@@H]2O[C@H](CO)[C@H](O)C(O)C2O)[C@H](O)C(O)C1O. The first-order valence-electron chi connectivity index (χ1n) is 28.9. The predicted molar refractivity (Wildman–Crippen MR) is 280 cm³/mol. The highest BCUT2D eigenvalue weighted by molar-refractivity contribution is 5.70. The number of esters is 2. The van der Waals surface area contributed by atoms with Gasteiger partial charge in [-0.25, -0.2) is 0 Å². The fourth-order valence-electron chi connectivity index (χ4n) is 9.18. The number of carbonyl (C=O) groups is 2. The van der Waals surface area contributed by atoms with Gasteiger partial charge in [0.2, 0.25) is 0 Å². The Balaban J connectivity index is 1.73. The van der Waals surface area contributed by atoms with Crippen molar-refractivity contribution < 1.29 is 73.8 Å². The Hall–Kier alpha value is -2.02. The van der Waals surface area contributed by atoms with E-state index in [1.807, 2.05) is 0 Å². The molecule has 0 aliphatic carbocycles. The molecule has 2 aliphatic rings. The van der Waals surface area contributed by atoms with Gasteiger partial charge in [-0.2, -0.15) is 0 Å². The summed E-state index contributed by atoms with van der Waals surface area (Å²) in [5, 5.41) is 72.2. The Labute approximate surface area is 434 Å². The first kappa shape index (κ1) is 66.1. The van der Waals surface area contributed by atoms with Crippen LogP contribution >= 0.6 is 0 Å². The molecule has 2 heterocycles. The van der Waals surface area contributed by atoms with Gasteiger partial charge in [0.15, 0.2) is 18.7 Å². The summed E-state index contributed by atoms with van der Waals surface area (Å²) in [4.78, 5) is 25.8. The summed E-state index contributed by atoms with van der Waals surface area (Å²) in [5.74, 6) is -0.930.